The maximum Gasteiger partial charge on any atom is 0.421 e. The number of methoxy groups -OCH3 is 1. The summed E-state index contributed by atoms with van der Waals surface area (Å²) in [5.41, 5.74) is 0.934. The highest BCUT2D eigenvalue weighted by molar-refractivity contribution is 6.23. The molecule has 0 saturated carbocycles. The van der Waals surface area contributed by atoms with E-state index in [0.717, 1.165) is 4.90 Å². The zero-order valence-corrected chi connectivity index (χ0v) is 35.6. The average Bonchev–Trinajstić information content (AvgIpc) is 3.80. The van der Waals surface area contributed by atoms with E-state index in [1.807, 2.05) is 65.6 Å². The number of carbonyl (C=O) groups excluding carboxylic acids is 4. The third-order valence-electron chi connectivity index (χ3n) is 12.1. The Morgan fingerprint density at radius 1 is 0.800 bits per heavy atom. The lowest BCUT2D eigenvalue weighted by Gasteiger charge is -2.46. The average molecular weight is 880 g/mol. The molecule has 1 spiro atoms. The summed E-state index contributed by atoms with van der Waals surface area (Å²) in [7, 11) is 1.44. The number of cyclic esters (lactones) is 1. The smallest absolute Gasteiger partial charge is 0.421 e. The van der Waals surface area contributed by atoms with Gasteiger partial charge in [-0.05, 0) is 58.1 Å². The topological polar surface area (TPSA) is 184 Å². The highest BCUT2D eigenvalue weighted by atomic mass is 16.6. The number of imide groups is 1. The number of carbonyl (C=O) groups is 4. The summed E-state index contributed by atoms with van der Waals surface area (Å²) in [6.45, 7) is -0.986. The standard InChI is InChI=1S/C51H49N3O11/c1-62-28-29-64-50(61)53-40-24-23-33(14-11-12-25-55)30-39(40)51(49(53)60)42(47(58)52-32-41(57)34-15-5-2-6-16-34)44-48(59)65-45(36-19-9-4-10-20-36)43(35-17-7-3-8-18-35)54(44)46(51)37-21-13-22-38(31-37)63-27-26-56/h2-10,13,15-24,30-31,41-46,55-57H,12,25-29,32H2,1H3,(H,52,58)/t41-,42+,43+,44+,45-,46-,51+/m0/s1. The van der Waals surface area contributed by atoms with Crippen LogP contribution in [-0.4, -0.2) is 96.8 Å². The van der Waals surface area contributed by atoms with E-state index in [9.17, 15) is 20.1 Å². The summed E-state index contributed by atoms with van der Waals surface area (Å²) in [4.78, 5) is 64.3. The molecule has 8 rings (SSSR count). The number of aliphatic hydroxyl groups excluding tert-OH is 3. The summed E-state index contributed by atoms with van der Waals surface area (Å²) in [6, 6.07) is 35.5. The molecule has 3 aliphatic rings. The number of rotatable bonds is 14. The molecule has 7 atom stereocenters. The van der Waals surface area contributed by atoms with Crippen LogP contribution in [0, 0.1) is 17.8 Å². The largest absolute Gasteiger partial charge is 0.491 e. The summed E-state index contributed by atoms with van der Waals surface area (Å²) in [6.07, 6.45) is -3.01. The summed E-state index contributed by atoms with van der Waals surface area (Å²) in [5.74, 6) is 2.28. The van der Waals surface area contributed by atoms with Crippen LogP contribution in [-0.2, 0) is 34.0 Å². The van der Waals surface area contributed by atoms with Crippen molar-refractivity contribution in [1.82, 2.24) is 10.2 Å². The fraction of sp³-hybridized carbons (Fsp3) is 0.294. The third kappa shape index (κ3) is 8.48. The third-order valence-corrected chi connectivity index (χ3v) is 12.1. The van der Waals surface area contributed by atoms with E-state index in [1.165, 1.54) is 7.11 Å². The first-order chi connectivity index (χ1) is 31.7. The van der Waals surface area contributed by atoms with Gasteiger partial charge in [-0.3, -0.25) is 19.3 Å². The van der Waals surface area contributed by atoms with Crippen molar-refractivity contribution < 1.29 is 53.4 Å². The fourth-order valence-corrected chi connectivity index (χ4v) is 9.50. The molecule has 4 N–H and O–H groups in total. The second-order valence-electron chi connectivity index (χ2n) is 15.8. The van der Waals surface area contributed by atoms with Crippen LogP contribution < -0.4 is 15.0 Å². The summed E-state index contributed by atoms with van der Waals surface area (Å²) >= 11 is 0. The Balaban J connectivity index is 1.43. The Labute approximate surface area is 376 Å². The van der Waals surface area contributed by atoms with Gasteiger partial charge in [0.25, 0.3) is 0 Å². The number of fused-ring (bicyclic) bond motifs is 3. The summed E-state index contributed by atoms with van der Waals surface area (Å²) in [5, 5.41) is 33.6. The number of aliphatic hydroxyl groups is 3. The number of esters is 1. The Morgan fingerprint density at radius 2 is 1.49 bits per heavy atom. The predicted octanol–water partition coefficient (Wildman–Crippen LogP) is 5.09. The zero-order chi connectivity index (χ0) is 45.5. The van der Waals surface area contributed by atoms with Crippen LogP contribution in [0.3, 0.4) is 0 Å². The number of hydrogen-bond donors (Lipinski definition) is 4. The molecule has 3 amide bonds. The van der Waals surface area contributed by atoms with Crippen molar-refractivity contribution in [3.63, 3.8) is 0 Å². The molecule has 14 nitrogen and oxygen atoms in total. The minimum atomic E-state index is -2.12. The molecule has 334 valence electrons. The fourth-order valence-electron chi connectivity index (χ4n) is 9.50. The maximum atomic E-state index is 16.2. The van der Waals surface area contributed by atoms with Gasteiger partial charge in [-0.25, -0.2) is 9.69 Å². The molecule has 2 saturated heterocycles. The van der Waals surface area contributed by atoms with Gasteiger partial charge in [0.15, 0.2) is 0 Å². The van der Waals surface area contributed by atoms with Gasteiger partial charge in [0.1, 0.15) is 36.5 Å². The van der Waals surface area contributed by atoms with E-state index in [-0.39, 0.29) is 57.3 Å². The molecule has 0 bridgehead atoms. The van der Waals surface area contributed by atoms with Gasteiger partial charge in [-0.15, -0.1) is 0 Å². The predicted molar refractivity (Wildman–Crippen MR) is 237 cm³/mol. The van der Waals surface area contributed by atoms with Crippen molar-refractivity contribution >= 4 is 29.6 Å². The number of amides is 3. The SMILES string of the molecule is COCCOC(=O)N1C(=O)[C@@]2(c3cc(C#CCCO)ccc31)[C@H](c1cccc(OCCO)c1)N1[C@H](c3ccccc3)[C@H](c3ccccc3)OC(=O)[C@H]1[C@@H]2C(=O)NC[C@H](O)c1ccccc1. The van der Waals surface area contributed by atoms with Crippen LogP contribution in [0.15, 0.2) is 133 Å². The molecule has 0 unspecified atom stereocenters. The van der Waals surface area contributed by atoms with E-state index < -0.39 is 65.5 Å². The van der Waals surface area contributed by atoms with E-state index in [2.05, 4.69) is 17.2 Å². The lowest BCUT2D eigenvalue weighted by Crippen LogP contribution is -2.56. The molecule has 0 aromatic heterocycles. The van der Waals surface area contributed by atoms with Gasteiger partial charge in [-0.1, -0.05) is 115 Å². The monoisotopic (exact) mass is 879 g/mol. The van der Waals surface area contributed by atoms with Gasteiger partial charge in [0, 0.05) is 25.6 Å². The highest BCUT2D eigenvalue weighted by Crippen LogP contribution is 2.66. The highest BCUT2D eigenvalue weighted by Gasteiger charge is 2.75. The van der Waals surface area contributed by atoms with Crippen molar-refractivity contribution in [2.75, 3.05) is 51.6 Å². The van der Waals surface area contributed by atoms with Gasteiger partial charge in [-0.2, -0.15) is 0 Å². The lowest BCUT2D eigenvalue weighted by molar-refractivity contribution is -0.178. The van der Waals surface area contributed by atoms with Crippen LogP contribution in [0.2, 0.25) is 0 Å². The van der Waals surface area contributed by atoms with E-state index in [4.69, 9.17) is 18.9 Å². The molecule has 5 aromatic carbocycles. The molecule has 3 aliphatic heterocycles. The van der Waals surface area contributed by atoms with E-state index >= 15 is 14.4 Å². The van der Waals surface area contributed by atoms with Crippen molar-refractivity contribution in [3.8, 4) is 17.6 Å². The van der Waals surface area contributed by atoms with Gasteiger partial charge in [0.2, 0.25) is 11.8 Å². The molecule has 5 aromatic rings. The van der Waals surface area contributed by atoms with Crippen molar-refractivity contribution in [2.24, 2.45) is 5.92 Å². The Bertz CT molecular complexity index is 2570. The number of anilines is 1. The maximum absolute atomic E-state index is 16.2. The normalized spacial score (nSPS) is 22.6. The van der Waals surface area contributed by atoms with Crippen LogP contribution in [0.1, 0.15) is 64.1 Å². The number of ether oxygens (including phenoxy) is 4. The van der Waals surface area contributed by atoms with Gasteiger partial charge in [0.05, 0.1) is 49.6 Å². The number of hydrogen-bond acceptors (Lipinski definition) is 12. The van der Waals surface area contributed by atoms with E-state index in [1.54, 1.807) is 72.8 Å². The lowest BCUT2D eigenvalue weighted by atomic mass is 9.65. The number of morpholine rings is 1. The van der Waals surface area contributed by atoms with Crippen molar-refractivity contribution in [2.45, 2.75) is 42.2 Å². The van der Waals surface area contributed by atoms with Crippen LogP contribution in [0.25, 0.3) is 0 Å². The molecule has 65 heavy (non-hydrogen) atoms. The van der Waals surface area contributed by atoms with Crippen LogP contribution in [0.4, 0.5) is 10.5 Å². The molecule has 14 heteroatoms. The Kier molecular flexibility index (Phi) is 13.7. The minimum Gasteiger partial charge on any atom is -0.491 e. The molecular formula is C51H49N3O11. The quantitative estimate of drug-likeness (QED) is 0.0660. The molecule has 3 heterocycles. The molecule has 2 fully saturated rings. The first kappa shape index (κ1) is 44.7. The van der Waals surface area contributed by atoms with Gasteiger partial charge >= 0.3 is 12.1 Å². The van der Waals surface area contributed by atoms with Crippen molar-refractivity contribution in [3.05, 3.63) is 167 Å². The van der Waals surface area contributed by atoms with Crippen LogP contribution >= 0.6 is 0 Å². The molecular weight excluding hydrogens is 831 g/mol. The first-order valence-corrected chi connectivity index (χ1v) is 21.4. The second kappa shape index (κ2) is 19.9. The number of nitrogens with zero attached hydrogens (tertiary/aromatic N) is 2. The Hall–Kier alpha value is -6.86. The Morgan fingerprint density at radius 3 is 2.18 bits per heavy atom. The second-order valence-corrected chi connectivity index (χ2v) is 15.8. The zero-order valence-electron chi connectivity index (χ0n) is 35.6. The van der Waals surface area contributed by atoms with E-state index in [0.29, 0.717) is 33.6 Å². The van der Waals surface area contributed by atoms with Crippen LogP contribution in [0.5, 0.6) is 5.75 Å². The molecule has 0 aliphatic carbocycles. The summed E-state index contributed by atoms with van der Waals surface area (Å²) < 4.78 is 23.2. The number of benzene rings is 5. The van der Waals surface area contributed by atoms with Crippen molar-refractivity contribution in [1.29, 1.82) is 0 Å². The molecule has 0 radical (unpaired) electrons. The van der Waals surface area contributed by atoms with Gasteiger partial charge < -0.3 is 39.6 Å². The minimum absolute atomic E-state index is 0.0322. The number of nitrogens with one attached hydrogen (secondary N) is 1. The first-order valence-electron chi connectivity index (χ1n) is 21.4.